The second-order valence-corrected chi connectivity index (χ2v) is 5.22. The van der Waals surface area contributed by atoms with E-state index >= 15 is 0 Å². The molecule has 0 radical (unpaired) electrons. The van der Waals surface area contributed by atoms with Crippen molar-refractivity contribution in [3.63, 3.8) is 0 Å². The SMILES string of the molecule is O=C(NCc1ccccc1F)c1ccc(-c2ccccc2)cc1. The molecular formula is C20H16FNO. The molecule has 0 saturated carbocycles. The van der Waals surface area contributed by atoms with Gasteiger partial charge in [-0.3, -0.25) is 4.79 Å². The zero-order valence-corrected chi connectivity index (χ0v) is 12.5. The van der Waals surface area contributed by atoms with E-state index in [9.17, 15) is 9.18 Å². The normalized spacial score (nSPS) is 10.3. The van der Waals surface area contributed by atoms with E-state index in [1.54, 1.807) is 30.3 Å². The van der Waals surface area contributed by atoms with Crippen LogP contribution in [0, 0.1) is 5.82 Å². The van der Waals surface area contributed by atoms with Gasteiger partial charge in [-0.1, -0.05) is 60.7 Å². The Labute approximate surface area is 134 Å². The highest BCUT2D eigenvalue weighted by Crippen LogP contribution is 2.19. The third kappa shape index (κ3) is 3.64. The second kappa shape index (κ2) is 6.88. The van der Waals surface area contributed by atoms with Gasteiger partial charge >= 0.3 is 0 Å². The average Bonchev–Trinajstić information content (AvgIpc) is 2.62. The molecule has 0 unspecified atom stereocenters. The molecule has 1 amide bonds. The Hall–Kier alpha value is -2.94. The third-order valence-corrected chi connectivity index (χ3v) is 3.65. The Kier molecular flexibility index (Phi) is 4.48. The molecule has 0 aliphatic rings. The summed E-state index contributed by atoms with van der Waals surface area (Å²) in [5.74, 6) is -0.528. The summed E-state index contributed by atoms with van der Waals surface area (Å²) in [5.41, 5.74) is 3.19. The third-order valence-electron chi connectivity index (χ3n) is 3.65. The lowest BCUT2D eigenvalue weighted by Gasteiger charge is -2.07. The maximum Gasteiger partial charge on any atom is 0.251 e. The van der Waals surface area contributed by atoms with Gasteiger partial charge in [0.05, 0.1) is 0 Å². The van der Waals surface area contributed by atoms with Crippen molar-refractivity contribution in [1.82, 2.24) is 5.32 Å². The summed E-state index contributed by atoms with van der Waals surface area (Å²) in [6.07, 6.45) is 0. The molecule has 1 N–H and O–H groups in total. The molecule has 0 heterocycles. The van der Waals surface area contributed by atoms with E-state index in [1.807, 2.05) is 42.5 Å². The van der Waals surface area contributed by atoms with Crippen molar-refractivity contribution < 1.29 is 9.18 Å². The summed E-state index contributed by atoms with van der Waals surface area (Å²) >= 11 is 0. The van der Waals surface area contributed by atoms with Gasteiger partial charge < -0.3 is 5.32 Å². The van der Waals surface area contributed by atoms with Crippen molar-refractivity contribution in [2.45, 2.75) is 6.54 Å². The molecule has 3 rings (SSSR count). The van der Waals surface area contributed by atoms with E-state index < -0.39 is 0 Å². The van der Waals surface area contributed by atoms with Gasteiger partial charge in [0.2, 0.25) is 0 Å². The van der Waals surface area contributed by atoms with Crippen LogP contribution in [0.4, 0.5) is 4.39 Å². The molecule has 3 aromatic rings. The summed E-state index contributed by atoms with van der Waals surface area (Å²) in [4.78, 5) is 12.1. The van der Waals surface area contributed by atoms with Crippen LogP contribution < -0.4 is 5.32 Å². The summed E-state index contributed by atoms with van der Waals surface area (Å²) in [5, 5.41) is 2.74. The number of halogens is 1. The summed E-state index contributed by atoms with van der Waals surface area (Å²) in [7, 11) is 0. The lowest BCUT2D eigenvalue weighted by molar-refractivity contribution is 0.0950. The molecule has 0 fully saturated rings. The monoisotopic (exact) mass is 305 g/mol. The Morgan fingerprint density at radius 3 is 2.09 bits per heavy atom. The van der Waals surface area contributed by atoms with Gasteiger partial charge in [0.15, 0.2) is 0 Å². The first kappa shape index (κ1) is 15.0. The molecule has 0 bridgehead atoms. The zero-order chi connectivity index (χ0) is 16.1. The fourth-order valence-electron chi connectivity index (χ4n) is 2.36. The van der Waals surface area contributed by atoms with Crippen LogP contribution in [0.15, 0.2) is 78.9 Å². The molecule has 0 atom stereocenters. The lowest BCUT2D eigenvalue weighted by atomic mass is 10.0. The highest BCUT2D eigenvalue weighted by Gasteiger charge is 2.07. The highest BCUT2D eigenvalue weighted by molar-refractivity contribution is 5.94. The minimum atomic E-state index is -0.313. The number of hydrogen-bond acceptors (Lipinski definition) is 1. The van der Waals surface area contributed by atoms with E-state index in [0.29, 0.717) is 11.1 Å². The van der Waals surface area contributed by atoms with Crippen LogP contribution in [0.2, 0.25) is 0 Å². The molecule has 0 saturated heterocycles. The molecule has 3 heteroatoms. The molecule has 0 aliphatic carbocycles. The van der Waals surface area contributed by atoms with Gasteiger partial charge in [0.1, 0.15) is 5.82 Å². The van der Waals surface area contributed by atoms with Crippen LogP contribution in [0.5, 0.6) is 0 Å². The van der Waals surface area contributed by atoms with Crippen LogP contribution in [0.3, 0.4) is 0 Å². The number of hydrogen-bond donors (Lipinski definition) is 1. The lowest BCUT2D eigenvalue weighted by Crippen LogP contribution is -2.23. The van der Waals surface area contributed by atoms with E-state index in [4.69, 9.17) is 0 Å². The Morgan fingerprint density at radius 2 is 1.39 bits per heavy atom. The Morgan fingerprint density at radius 1 is 0.783 bits per heavy atom. The van der Waals surface area contributed by atoms with Gasteiger partial charge in [-0.25, -0.2) is 4.39 Å². The standard InChI is InChI=1S/C20H16FNO/c21-19-9-5-4-8-18(19)14-22-20(23)17-12-10-16(11-13-17)15-6-2-1-3-7-15/h1-13H,14H2,(H,22,23). The molecule has 23 heavy (non-hydrogen) atoms. The number of amides is 1. The minimum absolute atomic E-state index is 0.173. The maximum atomic E-state index is 13.5. The molecule has 0 spiro atoms. The number of rotatable bonds is 4. The minimum Gasteiger partial charge on any atom is -0.348 e. The van der Waals surface area contributed by atoms with Gasteiger partial charge in [0.25, 0.3) is 5.91 Å². The van der Waals surface area contributed by atoms with Crippen LogP contribution in [0.25, 0.3) is 11.1 Å². The molecular weight excluding hydrogens is 289 g/mol. The van der Waals surface area contributed by atoms with Gasteiger partial charge in [0, 0.05) is 17.7 Å². The molecule has 3 aromatic carbocycles. The zero-order valence-electron chi connectivity index (χ0n) is 12.5. The molecule has 0 aromatic heterocycles. The van der Waals surface area contributed by atoms with Crippen LogP contribution in [-0.4, -0.2) is 5.91 Å². The van der Waals surface area contributed by atoms with Crippen molar-refractivity contribution in [2.24, 2.45) is 0 Å². The first-order chi connectivity index (χ1) is 11.2. The predicted octanol–water partition coefficient (Wildman–Crippen LogP) is 4.42. The van der Waals surface area contributed by atoms with E-state index in [1.165, 1.54) is 6.07 Å². The smallest absolute Gasteiger partial charge is 0.251 e. The van der Waals surface area contributed by atoms with Crippen molar-refractivity contribution in [3.05, 3.63) is 95.8 Å². The van der Waals surface area contributed by atoms with Crippen LogP contribution >= 0.6 is 0 Å². The fraction of sp³-hybridized carbons (Fsp3) is 0.0500. The molecule has 114 valence electrons. The summed E-state index contributed by atoms with van der Waals surface area (Å²) in [6, 6.07) is 23.8. The quantitative estimate of drug-likeness (QED) is 0.759. The summed E-state index contributed by atoms with van der Waals surface area (Å²) < 4.78 is 13.5. The van der Waals surface area contributed by atoms with Gasteiger partial charge in [-0.15, -0.1) is 0 Å². The van der Waals surface area contributed by atoms with Gasteiger partial charge in [-0.05, 0) is 29.3 Å². The highest BCUT2D eigenvalue weighted by atomic mass is 19.1. The molecule has 0 aliphatic heterocycles. The predicted molar refractivity (Wildman–Crippen MR) is 89.4 cm³/mol. The van der Waals surface area contributed by atoms with E-state index in [2.05, 4.69) is 5.32 Å². The van der Waals surface area contributed by atoms with Crippen LogP contribution in [0.1, 0.15) is 15.9 Å². The van der Waals surface area contributed by atoms with E-state index in [0.717, 1.165) is 11.1 Å². The molecule has 2 nitrogen and oxygen atoms in total. The second-order valence-electron chi connectivity index (χ2n) is 5.22. The van der Waals surface area contributed by atoms with Crippen molar-refractivity contribution in [2.75, 3.05) is 0 Å². The number of benzene rings is 3. The van der Waals surface area contributed by atoms with Crippen molar-refractivity contribution >= 4 is 5.91 Å². The fourth-order valence-corrected chi connectivity index (χ4v) is 2.36. The van der Waals surface area contributed by atoms with Crippen molar-refractivity contribution in [1.29, 1.82) is 0 Å². The topological polar surface area (TPSA) is 29.1 Å². The van der Waals surface area contributed by atoms with Crippen LogP contribution in [-0.2, 0) is 6.54 Å². The Bertz CT molecular complexity index is 797. The summed E-state index contributed by atoms with van der Waals surface area (Å²) in [6.45, 7) is 0.173. The van der Waals surface area contributed by atoms with Gasteiger partial charge in [-0.2, -0.15) is 0 Å². The first-order valence-electron chi connectivity index (χ1n) is 7.41. The average molecular weight is 305 g/mol. The number of nitrogens with one attached hydrogen (secondary N) is 1. The Balaban J connectivity index is 1.67. The number of carbonyl (C=O) groups excluding carboxylic acids is 1. The first-order valence-corrected chi connectivity index (χ1v) is 7.41. The number of carbonyl (C=O) groups is 1. The van der Waals surface area contributed by atoms with Crippen molar-refractivity contribution in [3.8, 4) is 11.1 Å². The maximum absolute atomic E-state index is 13.5. The van der Waals surface area contributed by atoms with E-state index in [-0.39, 0.29) is 18.3 Å². The largest absolute Gasteiger partial charge is 0.348 e.